The van der Waals surface area contributed by atoms with Gasteiger partial charge in [0.25, 0.3) is 5.69 Å². The van der Waals surface area contributed by atoms with Crippen LogP contribution in [0, 0.1) is 15.9 Å². The molecule has 0 saturated carbocycles. The van der Waals surface area contributed by atoms with Crippen LogP contribution in [0.25, 0.3) is 0 Å². The fourth-order valence-corrected chi connectivity index (χ4v) is 1.90. The van der Waals surface area contributed by atoms with Gasteiger partial charge in [0.05, 0.1) is 15.0 Å². The molecule has 0 atom stereocenters. The van der Waals surface area contributed by atoms with Crippen LogP contribution in [-0.2, 0) is 6.61 Å². The van der Waals surface area contributed by atoms with Crippen molar-refractivity contribution in [2.75, 3.05) is 0 Å². The second kappa shape index (κ2) is 5.79. The lowest BCUT2D eigenvalue weighted by atomic mass is 10.2. The minimum atomic E-state index is -0.459. The first-order valence-electron chi connectivity index (χ1n) is 5.38. The zero-order valence-corrected chi connectivity index (χ0v) is 11.3. The number of nitro groups is 1. The average molecular weight is 326 g/mol. The van der Waals surface area contributed by atoms with Crippen molar-refractivity contribution < 1.29 is 14.1 Å². The minimum Gasteiger partial charge on any atom is -0.489 e. The van der Waals surface area contributed by atoms with Gasteiger partial charge in [0.2, 0.25) is 0 Å². The second-order valence-electron chi connectivity index (χ2n) is 3.75. The van der Waals surface area contributed by atoms with Gasteiger partial charge in [0.1, 0.15) is 18.2 Å². The van der Waals surface area contributed by atoms with E-state index in [9.17, 15) is 14.5 Å². The fraction of sp³-hybridized carbons (Fsp3) is 0.0769. The van der Waals surface area contributed by atoms with E-state index in [4.69, 9.17) is 4.74 Å². The topological polar surface area (TPSA) is 52.4 Å². The van der Waals surface area contributed by atoms with E-state index in [0.717, 1.165) is 0 Å². The average Bonchev–Trinajstić information content (AvgIpc) is 2.40. The van der Waals surface area contributed by atoms with E-state index in [0.29, 0.717) is 11.3 Å². The Kier molecular flexibility index (Phi) is 4.11. The Bertz CT molecular complexity index is 619. The maximum atomic E-state index is 13.0. The molecular formula is C13H9BrFNO3. The molecule has 0 heterocycles. The van der Waals surface area contributed by atoms with Crippen LogP contribution in [0.5, 0.6) is 5.75 Å². The number of nitro benzene ring substituents is 1. The standard InChI is InChI=1S/C13H9BrFNO3/c14-11-7-10(5-6-12(11)15)19-8-9-3-1-2-4-13(9)16(17)18/h1-7H,8H2. The SMILES string of the molecule is O=[N+]([O-])c1ccccc1COc1ccc(F)c(Br)c1. The summed E-state index contributed by atoms with van der Waals surface area (Å²) in [6.07, 6.45) is 0. The largest absolute Gasteiger partial charge is 0.489 e. The fourth-order valence-electron chi connectivity index (χ4n) is 1.54. The van der Waals surface area contributed by atoms with Gasteiger partial charge in [-0.1, -0.05) is 12.1 Å². The van der Waals surface area contributed by atoms with Crippen molar-refractivity contribution in [3.63, 3.8) is 0 Å². The summed E-state index contributed by atoms with van der Waals surface area (Å²) in [5.74, 6) is 0.0458. The third kappa shape index (κ3) is 3.29. The van der Waals surface area contributed by atoms with Crippen molar-refractivity contribution in [2.24, 2.45) is 0 Å². The van der Waals surface area contributed by atoms with E-state index in [1.165, 1.54) is 24.3 Å². The number of rotatable bonds is 4. The molecule has 0 fully saturated rings. The Hall–Kier alpha value is -1.95. The summed E-state index contributed by atoms with van der Waals surface area (Å²) >= 11 is 3.05. The highest BCUT2D eigenvalue weighted by Gasteiger charge is 2.12. The van der Waals surface area contributed by atoms with Crippen LogP contribution in [0.3, 0.4) is 0 Å². The second-order valence-corrected chi connectivity index (χ2v) is 4.60. The molecule has 0 aliphatic heterocycles. The summed E-state index contributed by atoms with van der Waals surface area (Å²) in [4.78, 5) is 10.4. The Labute approximate surface area is 117 Å². The number of hydrogen-bond acceptors (Lipinski definition) is 3. The molecule has 98 valence electrons. The summed E-state index contributed by atoms with van der Waals surface area (Å²) in [5.41, 5.74) is 0.469. The van der Waals surface area contributed by atoms with E-state index in [1.54, 1.807) is 18.2 Å². The predicted octanol–water partition coefficient (Wildman–Crippen LogP) is 4.08. The van der Waals surface area contributed by atoms with Crippen LogP contribution < -0.4 is 4.74 Å². The van der Waals surface area contributed by atoms with Crippen LogP contribution in [0.1, 0.15) is 5.56 Å². The third-order valence-electron chi connectivity index (χ3n) is 2.47. The monoisotopic (exact) mass is 325 g/mol. The molecule has 0 saturated heterocycles. The van der Waals surface area contributed by atoms with E-state index < -0.39 is 10.7 Å². The molecule has 0 bridgehead atoms. The van der Waals surface area contributed by atoms with Crippen LogP contribution in [-0.4, -0.2) is 4.92 Å². The van der Waals surface area contributed by atoms with Crippen molar-refractivity contribution >= 4 is 21.6 Å². The number of benzene rings is 2. The molecule has 0 aromatic heterocycles. The molecule has 6 heteroatoms. The molecule has 0 spiro atoms. The van der Waals surface area contributed by atoms with Gasteiger partial charge in [-0.3, -0.25) is 10.1 Å². The third-order valence-corrected chi connectivity index (χ3v) is 3.08. The summed E-state index contributed by atoms with van der Waals surface area (Å²) in [6.45, 7) is 0.0508. The van der Waals surface area contributed by atoms with Gasteiger partial charge in [-0.2, -0.15) is 0 Å². The Morgan fingerprint density at radius 1 is 1.26 bits per heavy atom. The molecule has 19 heavy (non-hydrogen) atoms. The molecule has 0 aliphatic rings. The molecule has 0 radical (unpaired) electrons. The van der Waals surface area contributed by atoms with Gasteiger partial charge >= 0.3 is 0 Å². The molecule has 2 aromatic rings. The summed E-state index contributed by atoms with van der Waals surface area (Å²) < 4.78 is 18.7. The molecular weight excluding hydrogens is 317 g/mol. The van der Waals surface area contributed by atoms with Gasteiger partial charge in [0, 0.05) is 6.07 Å². The molecule has 2 aromatic carbocycles. The van der Waals surface area contributed by atoms with Gasteiger partial charge in [-0.15, -0.1) is 0 Å². The number of para-hydroxylation sites is 1. The van der Waals surface area contributed by atoms with Crippen LogP contribution in [0.2, 0.25) is 0 Å². The number of halogens is 2. The van der Waals surface area contributed by atoms with Gasteiger partial charge in [-0.05, 0) is 40.2 Å². The summed E-state index contributed by atoms with van der Waals surface area (Å²) in [5, 5.41) is 10.8. The van der Waals surface area contributed by atoms with Crippen molar-refractivity contribution in [3.05, 3.63) is 68.4 Å². The van der Waals surface area contributed by atoms with E-state index in [1.807, 2.05) is 0 Å². The Balaban J connectivity index is 2.14. The first-order chi connectivity index (χ1) is 9.08. The lowest BCUT2D eigenvalue weighted by Gasteiger charge is -2.07. The molecule has 0 amide bonds. The summed E-state index contributed by atoms with van der Waals surface area (Å²) in [7, 11) is 0. The highest BCUT2D eigenvalue weighted by Crippen LogP contribution is 2.24. The highest BCUT2D eigenvalue weighted by atomic mass is 79.9. The van der Waals surface area contributed by atoms with Crippen molar-refractivity contribution in [2.45, 2.75) is 6.61 Å². The van der Waals surface area contributed by atoms with E-state index in [-0.39, 0.29) is 16.8 Å². The van der Waals surface area contributed by atoms with E-state index >= 15 is 0 Å². The first kappa shape index (κ1) is 13.5. The molecule has 0 aliphatic carbocycles. The lowest BCUT2D eigenvalue weighted by molar-refractivity contribution is -0.385. The van der Waals surface area contributed by atoms with Gasteiger partial charge in [-0.25, -0.2) is 4.39 Å². The highest BCUT2D eigenvalue weighted by molar-refractivity contribution is 9.10. The zero-order valence-electron chi connectivity index (χ0n) is 9.68. The van der Waals surface area contributed by atoms with Crippen molar-refractivity contribution in [3.8, 4) is 5.75 Å². The molecule has 4 nitrogen and oxygen atoms in total. The maximum Gasteiger partial charge on any atom is 0.276 e. The molecule has 0 N–H and O–H groups in total. The van der Waals surface area contributed by atoms with Crippen molar-refractivity contribution in [1.29, 1.82) is 0 Å². The Morgan fingerprint density at radius 3 is 2.68 bits per heavy atom. The molecule has 2 rings (SSSR count). The summed E-state index contributed by atoms with van der Waals surface area (Å²) in [6, 6.07) is 10.5. The maximum absolute atomic E-state index is 13.0. The van der Waals surface area contributed by atoms with Crippen molar-refractivity contribution in [1.82, 2.24) is 0 Å². The number of nitrogens with zero attached hydrogens (tertiary/aromatic N) is 1. The van der Waals surface area contributed by atoms with Crippen LogP contribution in [0.15, 0.2) is 46.9 Å². The zero-order chi connectivity index (χ0) is 13.8. The first-order valence-corrected chi connectivity index (χ1v) is 6.17. The number of ether oxygens (including phenoxy) is 1. The van der Waals surface area contributed by atoms with Crippen LogP contribution >= 0.6 is 15.9 Å². The number of hydrogen-bond donors (Lipinski definition) is 0. The smallest absolute Gasteiger partial charge is 0.276 e. The lowest BCUT2D eigenvalue weighted by Crippen LogP contribution is -2.00. The normalized spacial score (nSPS) is 10.2. The van der Waals surface area contributed by atoms with Crippen LogP contribution in [0.4, 0.5) is 10.1 Å². The minimum absolute atomic E-state index is 0.00340. The molecule has 0 unspecified atom stereocenters. The predicted molar refractivity (Wildman–Crippen MR) is 71.5 cm³/mol. The van der Waals surface area contributed by atoms with E-state index in [2.05, 4.69) is 15.9 Å². The van der Waals surface area contributed by atoms with Gasteiger partial charge < -0.3 is 4.74 Å². The quantitative estimate of drug-likeness (QED) is 0.628. The van der Waals surface area contributed by atoms with Gasteiger partial charge in [0.15, 0.2) is 0 Å². The Morgan fingerprint density at radius 2 is 2.00 bits per heavy atom.